The predicted octanol–water partition coefficient (Wildman–Crippen LogP) is 2.99. The third-order valence-electron chi connectivity index (χ3n) is 3.04. The number of hydrogen-bond acceptors (Lipinski definition) is 1. The van der Waals surface area contributed by atoms with E-state index >= 15 is 0 Å². The molecule has 1 saturated carbocycles. The van der Waals surface area contributed by atoms with Gasteiger partial charge in [-0.15, -0.1) is 0 Å². The minimum Gasteiger partial charge on any atom is -0.478 e. The van der Waals surface area contributed by atoms with Gasteiger partial charge in [-0.2, -0.15) is 0 Å². The van der Waals surface area contributed by atoms with Gasteiger partial charge in [0.2, 0.25) is 0 Å². The summed E-state index contributed by atoms with van der Waals surface area (Å²) in [6.45, 7) is 3.89. The molecule has 0 amide bonds. The Kier molecular flexibility index (Phi) is 3.52. The van der Waals surface area contributed by atoms with Crippen LogP contribution in [0.3, 0.4) is 0 Å². The van der Waals surface area contributed by atoms with Crippen LogP contribution in [0.1, 0.15) is 46.0 Å². The first-order valence-corrected chi connectivity index (χ1v) is 5.09. The third kappa shape index (κ3) is 2.33. The molecule has 0 bridgehead atoms. The number of aliphatic carboxylic acids is 1. The highest BCUT2D eigenvalue weighted by atomic mass is 16.4. The Morgan fingerprint density at radius 3 is 2.77 bits per heavy atom. The van der Waals surface area contributed by atoms with Crippen molar-refractivity contribution in [1.29, 1.82) is 0 Å². The van der Waals surface area contributed by atoms with Crippen molar-refractivity contribution in [2.75, 3.05) is 0 Å². The normalized spacial score (nSPS) is 27.1. The van der Waals surface area contributed by atoms with Crippen molar-refractivity contribution in [3.8, 4) is 0 Å². The molecule has 1 unspecified atom stereocenters. The number of rotatable bonds is 2. The second kappa shape index (κ2) is 4.45. The summed E-state index contributed by atoms with van der Waals surface area (Å²) >= 11 is 0. The first kappa shape index (κ1) is 10.3. The summed E-state index contributed by atoms with van der Waals surface area (Å²) in [6.07, 6.45) is 5.68. The van der Waals surface area contributed by atoms with Crippen LogP contribution in [0.25, 0.3) is 0 Å². The van der Waals surface area contributed by atoms with Crippen LogP contribution in [0.15, 0.2) is 11.1 Å². The van der Waals surface area contributed by atoms with E-state index in [1.807, 2.05) is 0 Å². The quantitative estimate of drug-likeness (QED) is 0.666. The van der Waals surface area contributed by atoms with Gasteiger partial charge in [0.25, 0.3) is 0 Å². The van der Waals surface area contributed by atoms with E-state index in [-0.39, 0.29) is 0 Å². The van der Waals surface area contributed by atoms with Crippen molar-refractivity contribution in [2.45, 2.75) is 46.0 Å². The molecule has 1 aliphatic rings. The average Bonchev–Trinajstić information content (AvgIpc) is 2.16. The van der Waals surface area contributed by atoms with Gasteiger partial charge in [0.15, 0.2) is 0 Å². The van der Waals surface area contributed by atoms with Gasteiger partial charge in [0.1, 0.15) is 0 Å². The summed E-state index contributed by atoms with van der Waals surface area (Å²) in [5, 5.41) is 8.89. The lowest BCUT2D eigenvalue weighted by Crippen LogP contribution is -2.14. The van der Waals surface area contributed by atoms with Crippen molar-refractivity contribution in [3.63, 3.8) is 0 Å². The number of carboxylic acids is 1. The fourth-order valence-electron chi connectivity index (χ4n) is 2.17. The molecule has 0 heterocycles. The van der Waals surface area contributed by atoms with E-state index in [1.54, 1.807) is 6.92 Å². The van der Waals surface area contributed by atoms with Crippen LogP contribution in [-0.4, -0.2) is 11.1 Å². The van der Waals surface area contributed by atoms with Crippen molar-refractivity contribution < 1.29 is 9.90 Å². The molecule has 13 heavy (non-hydrogen) atoms. The van der Waals surface area contributed by atoms with Crippen molar-refractivity contribution in [1.82, 2.24) is 0 Å². The molecular formula is C11H18O2. The summed E-state index contributed by atoms with van der Waals surface area (Å²) in [5.74, 6) is -0.208. The average molecular weight is 182 g/mol. The standard InChI is InChI=1S/C11H18O2/c1-3-9-6-4-5-7-10(9)8(2)11(12)13/h9H,3-7H2,1-2H3,(H,12,13)/b10-8+. The Morgan fingerprint density at radius 2 is 2.23 bits per heavy atom. The molecular weight excluding hydrogens is 164 g/mol. The molecule has 0 radical (unpaired) electrons. The molecule has 0 aromatic heterocycles. The highest BCUT2D eigenvalue weighted by Crippen LogP contribution is 2.33. The number of carboxylic acid groups (broad SMARTS) is 1. The number of allylic oxidation sites excluding steroid dienone is 1. The fourth-order valence-corrected chi connectivity index (χ4v) is 2.17. The molecule has 2 nitrogen and oxygen atoms in total. The van der Waals surface area contributed by atoms with Crippen LogP contribution in [-0.2, 0) is 4.79 Å². The molecule has 0 aromatic rings. The zero-order valence-electron chi connectivity index (χ0n) is 8.47. The lowest BCUT2D eigenvalue weighted by atomic mass is 9.80. The Balaban J connectivity index is 2.85. The van der Waals surface area contributed by atoms with Crippen LogP contribution in [0.2, 0.25) is 0 Å². The SMILES string of the molecule is CCC1CCCC/C1=C(/C)C(=O)O. The maximum atomic E-state index is 10.8. The molecule has 1 atom stereocenters. The van der Waals surface area contributed by atoms with Crippen LogP contribution < -0.4 is 0 Å². The molecule has 0 aliphatic heterocycles. The van der Waals surface area contributed by atoms with Crippen LogP contribution >= 0.6 is 0 Å². The zero-order chi connectivity index (χ0) is 9.84. The van der Waals surface area contributed by atoms with Gasteiger partial charge in [-0.25, -0.2) is 4.79 Å². The lowest BCUT2D eigenvalue weighted by molar-refractivity contribution is -0.132. The monoisotopic (exact) mass is 182 g/mol. The largest absolute Gasteiger partial charge is 0.478 e. The van der Waals surface area contributed by atoms with E-state index in [0.29, 0.717) is 11.5 Å². The molecule has 1 aliphatic carbocycles. The van der Waals surface area contributed by atoms with Gasteiger partial charge >= 0.3 is 5.97 Å². The van der Waals surface area contributed by atoms with E-state index < -0.39 is 5.97 Å². The van der Waals surface area contributed by atoms with E-state index in [1.165, 1.54) is 18.4 Å². The highest BCUT2D eigenvalue weighted by Gasteiger charge is 2.21. The Bertz CT molecular complexity index is 228. The lowest BCUT2D eigenvalue weighted by Gasteiger charge is -2.25. The van der Waals surface area contributed by atoms with Gasteiger partial charge in [-0.3, -0.25) is 0 Å². The highest BCUT2D eigenvalue weighted by molar-refractivity contribution is 5.86. The molecule has 0 aromatic carbocycles. The predicted molar refractivity (Wildman–Crippen MR) is 52.6 cm³/mol. The maximum Gasteiger partial charge on any atom is 0.331 e. The fraction of sp³-hybridized carbons (Fsp3) is 0.727. The first-order chi connectivity index (χ1) is 6.16. The third-order valence-corrected chi connectivity index (χ3v) is 3.04. The summed E-state index contributed by atoms with van der Waals surface area (Å²) in [5.41, 5.74) is 1.79. The summed E-state index contributed by atoms with van der Waals surface area (Å²) in [4.78, 5) is 10.8. The second-order valence-electron chi connectivity index (χ2n) is 3.81. The topological polar surface area (TPSA) is 37.3 Å². The molecule has 0 spiro atoms. The van der Waals surface area contributed by atoms with Crippen LogP contribution in [0.4, 0.5) is 0 Å². The maximum absolute atomic E-state index is 10.8. The molecule has 1 N–H and O–H groups in total. The molecule has 74 valence electrons. The number of carbonyl (C=O) groups is 1. The van der Waals surface area contributed by atoms with Crippen LogP contribution in [0.5, 0.6) is 0 Å². The van der Waals surface area contributed by atoms with Crippen molar-refractivity contribution >= 4 is 5.97 Å². The van der Waals surface area contributed by atoms with E-state index in [4.69, 9.17) is 5.11 Å². The first-order valence-electron chi connectivity index (χ1n) is 5.09. The van der Waals surface area contributed by atoms with Crippen LogP contribution in [0, 0.1) is 5.92 Å². The van der Waals surface area contributed by atoms with Gasteiger partial charge in [0, 0.05) is 5.57 Å². The van der Waals surface area contributed by atoms with E-state index in [0.717, 1.165) is 19.3 Å². The Labute approximate surface area is 79.6 Å². The molecule has 1 rings (SSSR count). The zero-order valence-corrected chi connectivity index (χ0v) is 8.47. The molecule has 1 fully saturated rings. The van der Waals surface area contributed by atoms with E-state index in [9.17, 15) is 4.79 Å². The minimum atomic E-state index is -0.740. The molecule has 2 heteroatoms. The smallest absolute Gasteiger partial charge is 0.331 e. The summed E-state index contributed by atoms with van der Waals surface area (Å²) in [6, 6.07) is 0. The van der Waals surface area contributed by atoms with E-state index in [2.05, 4.69) is 6.92 Å². The van der Waals surface area contributed by atoms with Crippen molar-refractivity contribution in [3.05, 3.63) is 11.1 Å². The summed E-state index contributed by atoms with van der Waals surface area (Å²) in [7, 11) is 0. The Morgan fingerprint density at radius 1 is 1.54 bits per heavy atom. The van der Waals surface area contributed by atoms with Crippen molar-refractivity contribution in [2.24, 2.45) is 5.92 Å². The van der Waals surface area contributed by atoms with Gasteiger partial charge in [0.05, 0.1) is 0 Å². The van der Waals surface area contributed by atoms with Gasteiger partial charge < -0.3 is 5.11 Å². The summed E-state index contributed by atoms with van der Waals surface area (Å²) < 4.78 is 0. The van der Waals surface area contributed by atoms with Gasteiger partial charge in [-0.05, 0) is 38.5 Å². The Hall–Kier alpha value is -0.790. The minimum absolute atomic E-state index is 0.532. The number of hydrogen-bond donors (Lipinski definition) is 1. The van der Waals surface area contributed by atoms with Gasteiger partial charge in [-0.1, -0.05) is 18.9 Å². The molecule has 0 saturated heterocycles. The second-order valence-corrected chi connectivity index (χ2v) is 3.81.